The van der Waals surface area contributed by atoms with E-state index in [4.69, 9.17) is 4.98 Å². The average Bonchev–Trinajstić information content (AvgIpc) is 3.35. The molecule has 1 aliphatic carbocycles. The molecule has 0 bridgehead atoms. The van der Waals surface area contributed by atoms with Crippen LogP contribution in [0.3, 0.4) is 0 Å². The Balaban J connectivity index is 1.49. The van der Waals surface area contributed by atoms with Crippen molar-refractivity contribution in [3.8, 4) is 11.1 Å². The molecule has 5 nitrogen and oxygen atoms in total. The van der Waals surface area contributed by atoms with Gasteiger partial charge in [-0.25, -0.2) is 4.98 Å². The molecule has 0 aliphatic heterocycles. The minimum absolute atomic E-state index is 0.0691. The van der Waals surface area contributed by atoms with Crippen molar-refractivity contribution in [2.75, 3.05) is 0 Å². The molecule has 4 rings (SSSR count). The van der Waals surface area contributed by atoms with Crippen molar-refractivity contribution in [3.63, 3.8) is 0 Å². The number of hydrogen-bond donors (Lipinski definition) is 1. The Morgan fingerprint density at radius 3 is 2.93 bits per heavy atom. The van der Waals surface area contributed by atoms with Crippen LogP contribution < -0.4 is 5.32 Å². The van der Waals surface area contributed by atoms with Crippen molar-refractivity contribution >= 4 is 17.2 Å². The Kier molecular flexibility index (Phi) is 5.07. The molecule has 0 spiro atoms. The number of thiazole rings is 1. The van der Waals surface area contributed by atoms with Gasteiger partial charge in [0.2, 0.25) is 0 Å². The molecular formula is C21H24N4OS. The maximum Gasteiger partial charge on any atom is 0.251 e. The molecule has 0 fully saturated rings. The number of carbonyl (C=O) groups excluding carboxylic acids is 1. The van der Waals surface area contributed by atoms with Gasteiger partial charge in [0, 0.05) is 28.7 Å². The average molecular weight is 381 g/mol. The van der Waals surface area contributed by atoms with Gasteiger partial charge in [0.05, 0.1) is 17.9 Å². The molecule has 0 saturated carbocycles. The summed E-state index contributed by atoms with van der Waals surface area (Å²) in [4.78, 5) is 18.9. The van der Waals surface area contributed by atoms with Crippen molar-refractivity contribution in [3.05, 3.63) is 57.8 Å². The highest BCUT2D eigenvalue weighted by molar-refractivity contribution is 7.11. The predicted octanol–water partition coefficient (Wildman–Crippen LogP) is 4.40. The lowest BCUT2D eigenvalue weighted by Gasteiger charge is -2.12. The van der Waals surface area contributed by atoms with Crippen molar-refractivity contribution < 1.29 is 4.79 Å². The number of carbonyl (C=O) groups is 1. The molecule has 6 heteroatoms. The van der Waals surface area contributed by atoms with Gasteiger partial charge in [0.1, 0.15) is 5.01 Å². The van der Waals surface area contributed by atoms with E-state index in [9.17, 15) is 4.79 Å². The standard InChI is InChI=1S/C21H24N4OS/c1-3-25-13-17(12-22-25)15-7-6-8-16(11-15)20(26)23-14(2)21-24-18-9-4-5-10-19(18)27-21/h6-8,11-14H,3-5,9-10H2,1-2H3,(H,23,26)/t14-/m1/s1. The lowest BCUT2D eigenvalue weighted by atomic mass is 10.0. The van der Waals surface area contributed by atoms with Crippen LogP contribution in [0.15, 0.2) is 36.7 Å². The van der Waals surface area contributed by atoms with Crippen LogP contribution in [0.2, 0.25) is 0 Å². The molecule has 1 N–H and O–H groups in total. The van der Waals surface area contributed by atoms with E-state index in [0.29, 0.717) is 5.56 Å². The van der Waals surface area contributed by atoms with E-state index < -0.39 is 0 Å². The van der Waals surface area contributed by atoms with E-state index in [1.807, 2.05) is 48.3 Å². The first kappa shape index (κ1) is 17.9. The first-order chi connectivity index (χ1) is 13.1. The minimum atomic E-state index is -0.0837. The summed E-state index contributed by atoms with van der Waals surface area (Å²) in [5, 5.41) is 8.43. The Morgan fingerprint density at radius 2 is 2.15 bits per heavy atom. The lowest BCUT2D eigenvalue weighted by molar-refractivity contribution is 0.0940. The summed E-state index contributed by atoms with van der Waals surface area (Å²) in [6.45, 7) is 4.89. The topological polar surface area (TPSA) is 59.8 Å². The second-order valence-corrected chi connectivity index (χ2v) is 8.10. The van der Waals surface area contributed by atoms with Gasteiger partial charge in [-0.2, -0.15) is 5.10 Å². The highest BCUT2D eigenvalue weighted by Gasteiger charge is 2.20. The third-order valence-electron chi connectivity index (χ3n) is 5.00. The van der Waals surface area contributed by atoms with E-state index in [0.717, 1.165) is 35.5 Å². The first-order valence-corrected chi connectivity index (χ1v) is 10.4. The Hall–Kier alpha value is -2.47. The van der Waals surface area contributed by atoms with Crippen LogP contribution in [0.4, 0.5) is 0 Å². The molecule has 0 saturated heterocycles. The highest BCUT2D eigenvalue weighted by Crippen LogP contribution is 2.30. The zero-order valence-corrected chi connectivity index (χ0v) is 16.6. The van der Waals surface area contributed by atoms with Crippen LogP contribution in [-0.4, -0.2) is 20.7 Å². The number of nitrogens with one attached hydrogen (secondary N) is 1. The number of fused-ring (bicyclic) bond motifs is 1. The summed E-state index contributed by atoms with van der Waals surface area (Å²) in [7, 11) is 0. The normalized spacial score (nSPS) is 14.6. The number of aryl methyl sites for hydroxylation is 3. The number of benzene rings is 1. The van der Waals surface area contributed by atoms with Gasteiger partial charge in [-0.15, -0.1) is 11.3 Å². The van der Waals surface area contributed by atoms with Crippen LogP contribution in [0, 0.1) is 0 Å². The Labute approximate surface area is 163 Å². The van der Waals surface area contributed by atoms with Crippen molar-refractivity contribution in [2.24, 2.45) is 0 Å². The van der Waals surface area contributed by atoms with E-state index in [2.05, 4.69) is 17.3 Å². The molecule has 1 atom stereocenters. The monoisotopic (exact) mass is 380 g/mol. The van der Waals surface area contributed by atoms with Gasteiger partial charge >= 0.3 is 0 Å². The summed E-state index contributed by atoms with van der Waals surface area (Å²) in [6, 6.07) is 7.61. The molecule has 1 aromatic carbocycles. The summed E-state index contributed by atoms with van der Waals surface area (Å²) < 4.78 is 1.88. The quantitative estimate of drug-likeness (QED) is 0.714. The second-order valence-electron chi connectivity index (χ2n) is 6.99. The fraction of sp³-hybridized carbons (Fsp3) is 0.381. The summed E-state index contributed by atoms with van der Waals surface area (Å²) in [6.07, 6.45) is 8.50. The lowest BCUT2D eigenvalue weighted by Crippen LogP contribution is -2.26. The van der Waals surface area contributed by atoms with E-state index in [-0.39, 0.29) is 11.9 Å². The third-order valence-corrected chi connectivity index (χ3v) is 6.34. The molecule has 3 aromatic rings. The molecule has 0 radical (unpaired) electrons. The molecule has 1 amide bonds. The smallest absolute Gasteiger partial charge is 0.251 e. The second kappa shape index (κ2) is 7.64. The maximum atomic E-state index is 12.8. The zero-order chi connectivity index (χ0) is 18.8. The summed E-state index contributed by atoms with van der Waals surface area (Å²) in [5.41, 5.74) is 3.91. The van der Waals surface area contributed by atoms with Gasteiger partial charge in [0.15, 0.2) is 0 Å². The zero-order valence-electron chi connectivity index (χ0n) is 15.7. The third kappa shape index (κ3) is 3.81. The van der Waals surface area contributed by atoms with Gasteiger partial charge in [-0.3, -0.25) is 9.48 Å². The van der Waals surface area contributed by atoms with Gasteiger partial charge in [0.25, 0.3) is 5.91 Å². The number of hydrogen-bond acceptors (Lipinski definition) is 4. The molecule has 2 aromatic heterocycles. The Morgan fingerprint density at radius 1 is 1.30 bits per heavy atom. The minimum Gasteiger partial charge on any atom is -0.343 e. The molecular weight excluding hydrogens is 356 g/mol. The molecule has 1 aliphatic rings. The van der Waals surface area contributed by atoms with Crippen LogP contribution >= 0.6 is 11.3 Å². The SMILES string of the molecule is CCn1cc(-c2cccc(C(=O)N[C@H](C)c3nc4c(s3)CCCC4)c2)cn1. The van der Waals surface area contributed by atoms with Crippen molar-refractivity contribution in [1.82, 2.24) is 20.1 Å². The van der Waals surface area contributed by atoms with Crippen molar-refractivity contribution in [1.29, 1.82) is 0 Å². The number of amides is 1. The summed E-state index contributed by atoms with van der Waals surface area (Å²) in [5.74, 6) is -0.0691. The summed E-state index contributed by atoms with van der Waals surface area (Å²) >= 11 is 1.75. The fourth-order valence-corrected chi connectivity index (χ4v) is 4.58. The van der Waals surface area contributed by atoms with Gasteiger partial charge < -0.3 is 5.32 Å². The molecule has 140 valence electrons. The molecule has 27 heavy (non-hydrogen) atoms. The molecule has 0 unspecified atom stereocenters. The number of nitrogens with zero attached hydrogens (tertiary/aromatic N) is 3. The fourth-order valence-electron chi connectivity index (χ4n) is 3.42. The van der Waals surface area contributed by atoms with Crippen LogP contribution in [-0.2, 0) is 19.4 Å². The van der Waals surface area contributed by atoms with Gasteiger partial charge in [-0.1, -0.05) is 12.1 Å². The van der Waals surface area contributed by atoms with Crippen molar-refractivity contribution in [2.45, 2.75) is 52.1 Å². The van der Waals surface area contributed by atoms with Crippen LogP contribution in [0.1, 0.15) is 58.7 Å². The highest BCUT2D eigenvalue weighted by atomic mass is 32.1. The number of aromatic nitrogens is 3. The van der Waals surface area contributed by atoms with E-state index in [1.165, 1.54) is 23.4 Å². The largest absolute Gasteiger partial charge is 0.343 e. The Bertz CT molecular complexity index is 935. The number of rotatable bonds is 5. The van der Waals surface area contributed by atoms with E-state index in [1.54, 1.807) is 11.3 Å². The van der Waals surface area contributed by atoms with Gasteiger partial charge in [-0.05, 0) is 57.2 Å². The maximum absolute atomic E-state index is 12.8. The van der Waals surface area contributed by atoms with Crippen LogP contribution in [0.5, 0.6) is 0 Å². The first-order valence-electron chi connectivity index (χ1n) is 9.56. The van der Waals surface area contributed by atoms with Crippen LogP contribution in [0.25, 0.3) is 11.1 Å². The van der Waals surface area contributed by atoms with E-state index >= 15 is 0 Å². The molecule has 2 heterocycles. The predicted molar refractivity (Wildman–Crippen MR) is 108 cm³/mol.